The maximum Gasteiger partial charge on any atom is 0.242 e. The molecule has 0 aromatic heterocycles. The number of anilines is 1. The van der Waals surface area contributed by atoms with Gasteiger partial charge in [-0.3, -0.25) is 0 Å². The Kier molecular flexibility index (Phi) is 7.94. The van der Waals surface area contributed by atoms with Gasteiger partial charge in [-0.05, 0) is 50.1 Å². The van der Waals surface area contributed by atoms with E-state index in [1.807, 2.05) is 38.4 Å². The molecule has 0 aliphatic carbocycles. The van der Waals surface area contributed by atoms with Crippen molar-refractivity contribution in [1.29, 1.82) is 0 Å². The molecule has 0 amide bonds. The summed E-state index contributed by atoms with van der Waals surface area (Å²) in [4.78, 5) is 4.41. The Morgan fingerprint density at radius 1 is 0.964 bits per heavy atom. The lowest BCUT2D eigenvalue weighted by atomic mass is 10.2. The molecule has 0 aliphatic rings. The largest absolute Gasteiger partial charge is 0.343 e. The molecule has 2 aromatic rings. The summed E-state index contributed by atoms with van der Waals surface area (Å²) in [5, 5.41) is 3.75. The minimum absolute atomic E-state index is 0.230. The normalized spacial score (nSPS) is 11.6. The summed E-state index contributed by atoms with van der Waals surface area (Å²) in [5.41, 5.74) is 1.81. The van der Waals surface area contributed by atoms with Crippen LogP contribution in [0.2, 0.25) is 0 Å². The highest BCUT2D eigenvalue weighted by molar-refractivity contribution is 7.89. The van der Waals surface area contributed by atoms with Crippen molar-refractivity contribution in [2.75, 3.05) is 46.6 Å². The Hall–Kier alpha value is -2.00. The molecule has 0 radical (unpaired) electrons. The molecule has 0 atom stereocenters. The van der Waals surface area contributed by atoms with Crippen molar-refractivity contribution in [3.8, 4) is 0 Å². The number of hydrogen-bond acceptors (Lipinski definition) is 4. The summed E-state index contributed by atoms with van der Waals surface area (Å²) in [6.07, 6.45) is 0. The van der Waals surface area contributed by atoms with E-state index in [2.05, 4.69) is 27.2 Å². The minimum Gasteiger partial charge on any atom is -0.343 e. The van der Waals surface area contributed by atoms with Crippen LogP contribution in [0, 0.1) is 0 Å². The second-order valence-corrected chi connectivity index (χ2v) is 9.49. The Morgan fingerprint density at radius 3 is 2.25 bits per heavy atom. The average molecular weight is 421 g/mol. The van der Waals surface area contributed by atoms with Crippen molar-refractivity contribution in [3.05, 3.63) is 60.2 Å². The van der Waals surface area contributed by atoms with Crippen LogP contribution in [0.3, 0.4) is 0 Å². The fraction of sp³-hybridized carbons (Fsp3) is 0.350. The standard InChI is InChI=1S/C20H28N4O2S2/c1-22(2)13-14-24(16-17-9-6-5-7-10-17)20(27)21-18-11-8-12-19(15-18)28(25,26)23(3)4/h5-12,15H,13-14,16H2,1-4H3,(H,21,27). The third-order valence-corrected chi connectivity index (χ3v) is 6.36. The van der Waals surface area contributed by atoms with Crippen LogP contribution in [0.5, 0.6) is 0 Å². The Labute approximate surface area is 173 Å². The van der Waals surface area contributed by atoms with Gasteiger partial charge in [-0.25, -0.2) is 12.7 Å². The van der Waals surface area contributed by atoms with Crippen molar-refractivity contribution in [2.24, 2.45) is 0 Å². The van der Waals surface area contributed by atoms with Crippen molar-refractivity contribution in [3.63, 3.8) is 0 Å². The number of nitrogens with zero attached hydrogens (tertiary/aromatic N) is 3. The highest BCUT2D eigenvalue weighted by Crippen LogP contribution is 2.18. The van der Waals surface area contributed by atoms with Gasteiger partial charge in [0.15, 0.2) is 5.11 Å². The van der Waals surface area contributed by atoms with E-state index in [1.54, 1.807) is 18.2 Å². The molecule has 8 heteroatoms. The van der Waals surface area contributed by atoms with E-state index in [-0.39, 0.29) is 4.90 Å². The molecule has 1 N–H and O–H groups in total. The monoisotopic (exact) mass is 420 g/mol. The van der Waals surface area contributed by atoms with E-state index in [0.29, 0.717) is 17.3 Å². The first-order chi connectivity index (χ1) is 13.2. The van der Waals surface area contributed by atoms with Crippen LogP contribution >= 0.6 is 12.2 Å². The van der Waals surface area contributed by atoms with Gasteiger partial charge in [0.2, 0.25) is 10.0 Å². The van der Waals surface area contributed by atoms with Crippen LogP contribution in [0.25, 0.3) is 0 Å². The zero-order chi connectivity index (χ0) is 20.7. The lowest BCUT2D eigenvalue weighted by Gasteiger charge is -2.27. The van der Waals surface area contributed by atoms with Gasteiger partial charge in [0.1, 0.15) is 0 Å². The van der Waals surface area contributed by atoms with Crippen molar-refractivity contribution in [1.82, 2.24) is 14.1 Å². The molecule has 6 nitrogen and oxygen atoms in total. The van der Waals surface area contributed by atoms with Crippen LogP contribution in [-0.2, 0) is 16.6 Å². The first-order valence-electron chi connectivity index (χ1n) is 8.97. The van der Waals surface area contributed by atoms with Gasteiger partial charge in [0.25, 0.3) is 0 Å². The molecule has 0 spiro atoms. The van der Waals surface area contributed by atoms with Crippen LogP contribution in [0.1, 0.15) is 5.56 Å². The van der Waals surface area contributed by atoms with E-state index in [0.717, 1.165) is 18.7 Å². The summed E-state index contributed by atoms with van der Waals surface area (Å²) in [6.45, 7) is 2.28. The van der Waals surface area contributed by atoms with E-state index in [4.69, 9.17) is 12.2 Å². The quantitative estimate of drug-likeness (QED) is 0.663. The fourth-order valence-electron chi connectivity index (χ4n) is 2.52. The molecule has 0 aliphatic heterocycles. The lowest BCUT2D eigenvalue weighted by Crippen LogP contribution is -2.38. The van der Waals surface area contributed by atoms with Gasteiger partial charge in [-0.15, -0.1) is 0 Å². The average Bonchev–Trinajstić information content (AvgIpc) is 2.65. The molecule has 2 aromatic carbocycles. The van der Waals surface area contributed by atoms with E-state index >= 15 is 0 Å². The molecule has 0 saturated heterocycles. The number of nitrogens with one attached hydrogen (secondary N) is 1. The molecule has 152 valence electrons. The third kappa shape index (κ3) is 6.27. The molecular weight excluding hydrogens is 392 g/mol. The molecule has 0 unspecified atom stereocenters. The molecule has 0 saturated carbocycles. The zero-order valence-electron chi connectivity index (χ0n) is 16.8. The predicted molar refractivity (Wildman–Crippen MR) is 119 cm³/mol. The summed E-state index contributed by atoms with van der Waals surface area (Å²) in [5.74, 6) is 0. The van der Waals surface area contributed by atoms with Gasteiger partial charge < -0.3 is 15.1 Å². The highest BCUT2D eigenvalue weighted by atomic mass is 32.2. The Morgan fingerprint density at radius 2 is 1.64 bits per heavy atom. The number of rotatable bonds is 8. The fourth-order valence-corrected chi connectivity index (χ4v) is 3.75. The zero-order valence-corrected chi connectivity index (χ0v) is 18.4. The van der Waals surface area contributed by atoms with Crippen LogP contribution in [0.15, 0.2) is 59.5 Å². The third-order valence-electron chi connectivity index (χ3n) is 4.18. The second kappa shape index (κ2) is 9.97. The molecule has 0 bridgehead atoms. The second-order valence-electron chi connectivity index (χ2n) is 6.96. The maximum absolute atomic E-state index is 12.4. The topological polar surface area (TPSA) is 55.9 Å². The summed E-state index contributed by atoms with van der Waals surface area (Å²) in [7, 11) is 3.58. The Balaban J connectivity index is 2.18. The molecule has 0 heterocycles. The molecule has 28 heavy (non-hydrogen) atoms. The number of likely N-dealkylation sites (N-methyl/N-ethyl adjacent to an activating group) is 1. The smallest absolute Gasteiger partial charge is 0.242 e. The van der Waals surface area contributed by atoms with Gasteiger partial charge >= 0.3 is 0 Å². The number of hydrogen-bond donors (Lipinski definition) is 1. The van der Waals surface area contributed by atoms with Gasteiger partial charge in [-0.2, -0.15) is 0 Å². The molecular formula is C20H28N4O2S2. The van der Waals surface area contributed by atoms with Gasteiger partial charge in [0.05, 0.1) is 4.90 Å². The van der Waals surface area contributed by atoms with E-state index in [9.17, 15) is 8.42 Å². The lowest BCUT2D eigenvalue weighted by molar-refractivity contribution is 0.328. The van der Waals surface area contributed by atoms with Crippen LogP contribution < -0.4 is 5.32 Å². The van der Waals surface area contributed by atoms with Crippen molar-refractivity contribution < 1.29 is 8.42 Å². The highest BCUT2D eigenvalue weighted by Gasteiger charge is 2.18. The van der Waals surface area contributed by atoms with Crippen LogP contribution in [0.4, 0.5) is 5.69 Å². The van der Waals surface area contributed by atoms with Crippen molar-refractivity contribution >= 4 is 33.0 Å². The number of sulfonamides is 1. The van der Waals surface area contributed by atoms with Crippen molar-refractivity contribution in [2.45, 2.75) is 11.4 Å². The molecule has 2 rings (SSSR count). The van der Waals surface area contributed by atoms with E-state index < -0.39 is 10.0 Å². The Bertz CT molecular complexity index is 884. The van der Waals surface area contributed by atoms with E-state index in [1.165, 1.54) is 18.4 Å². The minimum atomic E-state index is -3.50. The summed E-state index contributed by atoms with van der Waals surface area (Å²) in [6, 6.07) is 16.8. The maximum atomic E-state index is 12.4. The number of thiocarbonyl (C=S) groups is 1. The first kappa shape index (κ1) is 22.3. The van der Waals surface area contributed by atoms with Crippen LogP contribution in [-0.4, -0.2) is 68.9 Å². The summed E-state index contributed by atoms with van der Waals surface area (Å²) < 4.78 is 25.9. The predicted octanol–water partition coefficient (Wildman–Crippen LogP) is 2.70. The number of benzene rings is 2. The SMILES string of the molecule is CN(C)CCN(Cc1ccccc1)C(=S)Nc1cccc(S(=O)(=O)N(C)C)c1. The summed E-state index contributed by atoms with van der Waals surface area (Å²) >= 11 is 5.63. The van der Waals surface area contributed by atoms with Gasteiger partial charge in [-0.1, -0.05) is 36.4 Å². The van der Waals surface area contributed by atoms with Gasteiger partial charge in [0, 0.05) is 39.4 Å². The first-order valence-corrected chi connectivity index (χ1v) is 10.8. The molecule has 0 fully saturated rings.